The average molecular weight is 328 g/mol. The summed E-state index contributed by atoms with van der Waals surface area (Å²) in [6.07, 6.45) is 4.41. The fraction of sp³-hybridized carbons (Fsp3) is 0.625. The fourth-order valence-electron chi connectivity index (χ4n) is 4.45. The summed E-state index contributed by atoms with van der Waals surface area (Å²) in [5, 5.41) is 10.6. The molecule has 126 valence electrons. The lowest BCUT2D eigenvalue weighted by Crippen LogP contribution is -2.37. The molecule has 0 spiro atoms. The molecule has 1 saturated carbocycles. The molecular weight excluding hydrogens is 308 g/mol. The minimum absolute atomic E-state index is 0.0602. The van der Waals surface area contributed by atoms with Gasteiger partial charge in [-0.15, -0.1) is 0 Å². The first-order valence-corrected chi connectivity index (χ1v) is 8.59. The molecule has 1 amide bonds. The number of likely N-dealkylation sites (tertiary alicyclic amines) is 1. The molecule has 6 rings (SSSR count). The van der Waals surface area contributed by atoms with Crippen molar-refractivity contribution in [1.82, 2.24) is 30.4 Å². The van der Waals surface area contributed by atoms with E-state index in [-0.39, 0.29) is 11.9 Å². The summed E-state index contributed by atoms with van der Waals surface area (Å²) < 4.78 is 5.64. The number of carbonyl (C=O) groups is 1. The van der Waals surface area contributed by atoms with Gasteiger partial charge in [0.1, 0.15) is 11.6 Å². The lowest BCUT2D eigenvalue weighted by Gasteiger charge is -2.33. The number of fused-ring (bicyclic) bond motifs is 1. The SMILES string of the molecule is Cc1nc([C@@H]2CCCN2C(=O)c2ncoc2C2C3CNC2C3)n[nH]1. The van der Waals surface area contributed by atoms with Crippen molar-refractivity contribution in [3.8, 4) is 0 Å². The summed E-state index contributed by atoms with van der Waals surface area (Å²) in [4.78, 5) is 23.6. The maximum atomic E-state index is 13.1. The molecule has 3 saturated heterocycles. The Balaban J connectivity index is 1.43. The molecule has 8 nitrogen and oxygen atoms in total. The van der Waals surface area contributed by atoms with E-state index in [0.717, 1.165) is 31.0 Å². The van der Waals surface area contributed by atoms with Crippen molar-refractivity contribution in [2.45, 2.75) is 44.2 Å². The van der Waals surface area contributed by atoms with E-state index < -0.39 is 0 Å². The number of H-pyrrole nitrogens is 1. The maximum Gasteiger partial charge on any atom is 0.276 e. The molecule has 2 N–H and O–H groups in total. The highest BCUT2D eigenvalue weighted by atomic mass is 16.3. The molecule has 4 aliphatic rings. The number of aryl methyl sites for hydroxylation is 1. The van der Waals surface area contributed by atoms with Gasteiger partial charge in [-0.25, -0.2) is 9.97 Å². The number of rotatable bonds is 3. The molecule has 4 fully saturated rings. The van der Waals surface area contributed by atoms with Crippen LogP contribution >= 0.6 is 0 Å². The molecule has 2 aromatic rings. The predicted molar refractivity (Wildman–Crippen MR) is 83.3 cm³/mol. The second-order valence-electron chi connectivity index (χ2n) is 7.04. The van der Waals surface area contributed by atoms with E-state index in [1.165, 1.54) is 12.8 Å². The molecule has 2 aromatic heterocycles. The number of hydrogen-bond donors (Lipinski definition) is 2. The van der Waals surface area contributed by atoms with E-state index in [0.29, 0.717) is 35.9 Å². The Morgan fingerprint density at radius 1 is 1.46 bits per heavy atom. The number of hydrogen-bond acceptors (Lipinski definition) is 6. The first-order chi connectivity index (χ1) is 11.7. The quantitative estimate of drug-likeness (QED) is 0.877. The van der Waals surface area contributed by atoms with Crippen molar-refractivity contribution in [2.24, 2.45) is 5.92 Å². The minimum atomic E-state index is -0.0803. The Morgan fingerprint density at radius 2 is 2.38 bits per heavy atom. The van der Waals surface area contributed by atoms with Gasteiger partial charge in [0.05, 0.1) is 6.04 Å². The third kappa shape index (κ3) is 1.95. The summed E-state index contributed by atoms with van der Waals surface area (Å²) >= 11 is 0. The highest BCUT2D eigenvalue weighted by Gasteiger charge is 2.51. The monoisotopic (exact) mass is 328 g/mol. The number of nitrogens with one attached hydrogen (secondary N) is 2. The maximum absolute atomic E-state index is 13.1. The van der Waals surface area contributed by atoms with E-state index in [1.807, 2.05) is 11.8 Å². The number of aromatic amines is 1. The molecule has 3 unspecified atom stereocenters. The minimum Gasteiger partial charge on any atom is -0.447 e. The molecule has 4 atom stereocenters. The van der Waals surface area contributed by atoms with E-state index in [9.17, 15) is 4.79 Å². The summed E-state index contributed by atoms with van der Waals surface area (Å²) in [7, 11) is 0. The molecule has 1 aliphatic carbocycles. The van der Waals surface area contributed by atoms with E-state index in [4.69, 9.17) is 4.42 Å². The second-order valence-corrected chi connectivity index (χ2v) is 7.04. The van der Waals surface area contributed by atoms with Crippen LogP contribution in [0.15, 0.2) is 10.8 Å². The molecule has 2 bridgehead atoms. The highest BCUT2D eigenvalue weighted by Crippen LogP contribution is 2.48. The molecular formula is C16H20N6O2. The van der Waals surface area contributed by atoms with Crippen LogP contribution in [-0.4, -0.2) is 50.1 Å². The zero-order chi connectivity index (χ0) is 16.3. The van der Waals surface area contributed by atoms with Crippen LogP contribution in [0, 0.1) is 12.8 Å². The summed E-state index contributed by atoms with van der Waals surface area (Å²) in [5.74, 6) is 3.01. The van der Waals surface area contributed by atoms with Crippen LogP contribution in [0.2, 0.25) is 0 Å². The summed E-state index contributed by atoms with van der Waals surface area (Å²) in [6, 6.07) is 0.350. The average Bonchev–Trinajstić information content (AvgIpc) is 3.33. The number of oxazole rings is 1. The zero-order valence-corrected chi connectivity index (χ0v) is 13.5. The van der Waals surface area contributed by atoms with Crippen molar-refractivity contribution in [3.05, 3.63) is 29.5 Å². The Morgan fingerprint density at radius 3 is 3.08 bits per heavy atom. The fourth-order valence-corrected chi connectivity index (χ4v) is 4.45. The Kier molecular flexibility index (Phi) is 3.03. The first-order valence-electron chi connectivity index (χ1n) is 8.59. The van der Waals surface area contributed by atoms with Crippen LogP contribution in [0.3, 0.4) is 0 Å². The third-order valence-electron chi connectivity index (χ3n) is 5.67. The van der Waals surface area contributed by atoms with Gasteiger partial charge < -0.3 is 14.6 Å². The van der Waals surface area contributed by atoms with Gasteiger partial charge in [-0.05, 0) is 38.6 Å². The number of nitrogens with zero attached hydrogens (tertiary/aromatic N) is 4. The van der Waals surface area contributed by atoms with E-state index in [2.05, 4.69) is 25.5 Å². The van der Waals surface area contributed by atoms with Crippen LogP contribution in [-0.2, 0) is 0 Å². The highest BCUT2D eigenvalue weighted by molar-refractivity contribution is 5.94. The van der Waals surface area contributed by atoms with Crippen LogP contribution < -0.4 is 5.32 Å². The lowest BCUT2D eigenvalue weighted by atomic mass is 9.72. The zero-order valence-electron chi connectivity index (χ0n) is 13.5. The van der Waals surface area contributed by atoms with Gasteiger partial charge >= 0.3 is 0 Å². The van der Waals surface area contributed by atoms with Crippen molar-refractivity contribution in [3.63, 3.8) is 0 Å². The van der Waals surface area contributed by atoms with Gasteiger partial charge in [0, 0.05) is 18.5 Å². The van der Waals surface area contributed by atoms with Gasteiger partial charge in [0.25, 0.3) is 5.91 Å². The molecule has 24 heavy (non-hydrogen) atoms. The van der Waals surface area contributed by atoms with Gasteiger partial charge in [-0.1, -0.05) is 0 Å². The van der Waals surface area contributed by atoms with Gasteiger partial charge in [0.15, 0.2) is 17.9 Å². The molecule has 5 heterocycles. The number of amides is 1. The van der Waals surface area contributed by atoms with Crippen LogP contribution in [0.4, 0.5) is 0 Å². The molecule has 0 aromatic carbocycles. The number of carbonyl (C=O) groups excluding carboxylic acids is 1. The second kappa shape index (κ2) is 5.14. The Labute approximate surface area is 139 Å². The van der Waals surface area contributed by atoms with E-state index in [1.54, 1.807) is 0 Å². The van der Waals surface area contributed by atoms with Crippen molar-refractivity contribution in [1.29, 1.82) is 0 Å². The summed E-state index contributed by atoms with van der Waals surface area (Å²) in [5.41, 5.74) is 0.470. The third-order valence-corrected chi connectivity index (χ3v) is 5.67. The topological polar surface area (TPSA) is 99.9 Å². The first kappa shape index (κ1) is 14.2. The van der Waals surface area contributed by atoms with Crippen molar-refractivity contribution in [2.75, 3.05) is 13.1 Å². The van der Waals surface area contributed by atoms with Crippen molar-refractivity contribution >= 4 is 5.91 Å². The summed E-state index contributed by atoms with van der Waals surface area (Å²) in [6.45, 7) is 3.58. The van der Waals surface area contributed by atoms with Crippen LogP contribution in [0.5, 0.6) is 0 Å². The Bertz CT molecular complexity index is 769. The normalized spacial score (nSPS) is 31.5. The largest absolute Gasteiger partial charge is 0.447 e. The van der Waals surface area contributed by atoms with Crippen molar-refractivity contribution < 1.29 is 9.21 Å². The Hall–Kier alpha value is -2.22. The van der Waals surface area contributed by atoms with Gasteiger partial charge in [0.2, 0.25) is 0 Å². The van der Waals surface area contributed by atoms with Crippen LogP contribution in [0.1, 0.15) is 59.1 Å². The van der Waals surface area contributed by atoms with E-state index >= 15 is 0 Å². The molecule has 8 heteroatoms. The van der Waals surface area contributed by atoms with Gasteiger partial charge in [-0.3, -0.25) is 9.89 Å². The smallest absolute Gasteiger partial charge is 0.276 e. The predicted octanol–water partition coefficient (Wildman–Crippen LogP) is 1.15. The molecule has 0 radical (unpaired) electrons. The number of aromatic nitrogens is 4. The lowest BCUT2D eigenvalue weighted by molar-refractivity contribution is 0.0719. The van der Waals surface area contributed by atoms with Gasteiger partial charge in [-0.2, -0.15) is 5.10 Å². The molecule has 3 aliphatic heterocycles. The standard InChI is InChI=1S/C16H20N6O2/c1-8-19-15(21-20-8)11-3-2-4-22(11)16(23)13-14(24-7-18-13)12-9-5-10(12)17-6-9/h7,9-12,17H,2-6H2,1H3,(H,19,20,21)/t9?,10?,11-,12?/m0/s1. The van der Waals surface area contributed by atoms with Crippen LogP contribution in [0.25, 0.3) is 0 Å².